The fourth-order valence-electron chi connectivity index (χ4n) is 7.26. The first-order valence-electron chi connectivity index (χ1n) is 16.8. The summed E-state index contributed by atoms with van der Waals surface area (Å²) in [5, 5.41) is 4.66. The van der Waals surface area contributed by atoms with E-state index in [0.29, 0.717) is 31.6 Å². The number of carbonyl (C=O) groups excluding carboxylic acids is 2. The summed E-state index contributed by atoms with van der Waals surface area (Å²) in [5.41, 5.74) is 11.9. The van der Waals surface area contributed by atoms with Crippen molar-refractivity contribution in [2.24, 2.45) is 17.3 Å². The van der Waals surface area contributed by atoms with Crippen LogP contribution >= 0.6 is 24.0 Å². The number of cyclic esters (lactones) is 1. The summed E-state index contributed by atoms with van der Waals surface area (Å²) in [4.78, 5) is 37.0. The van der Waals surface area contributed by atoms with Crippen molar-refractivity contribution in [3.8, 4) is 11.3 Å². The van der Waals surface area contributed by atoms with E-state index in [4.69, 9.17) is 19.4 Å². The van der Waals surface area contributed by atoms with Gasteiger partial charge in [0.15, 0.2) is 0 Å². The van der Waals surface area contributed by atoms with Crippen LogP contribution in [-0.4, -0.2) is 63.5 Å². The maximum Gasteiger partial charge on any atom is 0.324 e. The molecule has 0 saturated carbocycles. The SMILES string of the molecule is CCn1c2c3c(c1-c1cccnc1[C@H](C)OC)CC(C)(C)COC(=O)[C@@H]1CCCN(N1)C(=O)[C@@H](CS)Cc1nc(cs1)C(=C3)C(C)C2. The number of aromatic nitrogens is 3. The number of nitrogens with zero attached hydrogens (tertiary/aromatic N) is 4. The fourth-order valence-corrected chi connectivity index (χ4v) is 8.43. The van der Waals surface area contributed by atoms with Gasteiger partial charge in [-0.05, 0) is 80.4 Å². The Hall–Kier alpha value is -2.99. The second-order valence-electron chi connectivity index (χ2n) is 13.9. The molecule has 11 heteroatoms. The van der Waals surface area contributed by atoms with Crippen LogP contribution in [0.25, 0.3) is 22.9 Å². The molecule has 1 fully saturated rings. The average Bonchev–Trinajstić information content (AvgIpc) is 3.66. The number of amides is 1. The van der Waals surface area contributed by atoms with E-state index in [9.17, 15) is 9.59 Å². The highest BCUT2D eigenvalue weighted by molar-refractivity contribution is 7.80. The van der Waals surface area contributed by atoms with Crippen LogP contribution in [0.1, 0.15) is 86.8 Å². The molecule has 0 spiro atoms. The van der Waals surface area contributed by atoms with E-state index < -0.39 is 6.04 Å². The Balaban J connectivity index is 1.53. The van der Waals surface area contributed by atoms with E-state index in [2.05, 4.69) is 67.8 Å². The number of methoxy groups -OCH3 is 1. The Morgan fingerprint density at radius 2 is 2.09 bits per heavy atom. The molecule has 3 aliphatic rings. The lowest BCUT2D eigenvalue weighted by Crippen LogP contribution is -2.57. The second-order valence-corrected chi connectivity index (χ2v) is 15.2. The monoisotopic (exact) mass is 677 g/mol. The number of carbonyl (C=O) groups is 2. The van der Waals surface area contributed by atoms with E-state index in [1.807, 2.05) is 19.2 Å². The van der Waals surface area contributed by atoms with Gasteiger partial charge in [0.1, 0.15) is 6.04 Å². The minimum Gasteiger partial charge on any atom is -0.464 e. The first-order chi connectivity index (χ1) is 22.5. The van der Waals surface area contributed by atoms with Crippen LogP contribution in [0.3, 0.4) is 0 Å². The van der Waals surface area contributed by atoms with E-state index in [1.165, 1.54) is 22.4 Å². The summed E-state index contributed by atoms with van der Waals surface area (Å²) in [6.07, 6.45) is 7.40. The van der Waals surface area contributed by atoms with Crippen LogP contribution in [0, 0.1) is 17.3 Å². The quantitative estimate of drug-likeness (QED) is 0.246. The lowest BCUT2D eigenvalue weighted by molar-refractivity contribution is -0.155. The lowest BCUT2D eigenvalue weighted by atomic mass is 9.80. The summed E-state index contributed by atoms with van der Waals surface area (Å²) < 4.78 is 14.3. The van der Waals surface area contributed by atoms with Crippen LogP contribution < -0.4 is 5.43 Å². The minimum atomic E-state index is -0.570. The van der Waals surface area contributed by atoms with Gasteiger partial charge in [-0.1, -0.05) is 20.8 Å². The Bertz CT molecular complexity index is 1680. The Morgan fingerprint density at radius 3 is 2.83 bits per heavy atom. The first kappa shape index (κ1) is 33.9. The second kappa shape index (κ2) is 13.9. The zero-order valence-electron chi connectivity index (χ0n) is 28.3. The van der Waals surface area contributed by atoms with Crippen molar-refractivity contribution in [1.29, 1.82) is 0 Å². The molecule has 252 valence electrons. The van der Waals surface area contributed by atoms with Crippen LogP contribution in [0.5, 0.6) is 0 Å². The predicted molar refractivity (Wildman–Crippen MR) is 189 cm³/mol. The summed E-state index contributed by atoms with van der Waals surface area (Å²) in [6.45, 7) is 12.4. The van der Waals surface area contributed by atoms with Gasteiger partial charge >= 0.3 is 5.97 Å². The molecule has 6 rings (SSSR count). The van der Waals surface area contributed by atoms with Crippen molar-refractivity contribution in [2.45, 2.75) is 85.4 Å². The minimum absolute atomic E-state index is 0.0544. The molecule has 2 aliphatic heterocycles. The topological polar surface area (TPSA) is 98.6 Å². The number of fused-ring (bicyclic) bond motifs is 5. The van der Waals surface area contributed by atoms with Crippen molar-refractivity contribution < 1.29 is 19.1 Å². The number of pyridine rings is 1. The van der Waals surface area contributed by atoms with Crippen LogP contribution in [0.2, 0.25) is 0 Å². The van der Waals surface area contributed by atoms with Gasteiger partial charge in [0, 0.05) is 60.6 Å². The number of hydrogen-bond acceptors (Lipinski definition) is 9. The maximum absolute atomic E-state index is 13.6. The van der Waals surface area contributed by atoms with E-state index in [0.717, 1.165) is 47.0 Å². The summed E-state index contributed by atoms with van der Waals surface area (Å²) in [7, 11) is 1.72. The molecule has 5 heterocycles. The van der Waals surface area contributed by atoms with E-state index in [-0.39, 0.29) is 41.8 Å². The van der Waals surface area contributed by atoms with Gasteiger partial charge in [0.05, 0.1) is 40.7 Å². The highest BCUT2D eigenvalue weighted by Crippen LogP contribution is 2.45. The highest BCUT2D eigenvalue weighted by atomic mass is 32.1. The van der Waals surface area contributed by atoms with E-state index >= 15 is 0 Å². The van der Waals surface area contributed by atoms with Gasteiger partial charge < -0.3 is 14.0 Å². The molecule has 0 aromatic carbocycles. The average molecular weight is 678 g/mol. The Labute approximate surface area is 287 Å². The van der Waals surface area contributed by atoms with Gasteiger partial charge in [-0.3, -0.25) is 19.6 Å². The zero-order valence-corrected chi connectivity index (χ0v) is 30.0. The number of ether oxygens (including phenoxy) is 2. The molecule has 6 bridgehead atoms. The van der Waals surface area contributed by atoms with Crippen molar-refractivity contribution in [3.05, 3.63) is 56.9 Å². The largest absolute Gasteiger partial charge is 0.464 e. The Kier molecular flexibility index (Phi) is 9.99. The van der Waals surface area contributed by atoms with Crippen molar-refractivity contribution in [3.63, 3.8) is 0 Å². The number of nitrogens with one attached hydrogen (secondary N) is 1. The molecular formula is C36H47N5O4S2. The molecule has 0 radical (unpaired) electrons. The fraction of sp³-hybridized carbons (Fsp3) is 0.556. The number of hydrogen-bond donors (Lipinski definition) is 2. The van der Waals surface area contributed by atoms with E-state index in [1.54, 1.807) is 23.5 Å². The smallest absolute Gasteiger partial charge is 0.324 e. The molecule has 4 atom stereocenters. The van der Waals surface area contributed by atoms with Gasteiger partial charge in [-0.15, -0.1) is 11.3 Å². The van der Waals surface area contributed by atoms with Crippen LogP contribution in [0.15, 0.2) is 23.7 Å². The number of rotatable bonds is 5. The maximum atomic E-state index is 13.6. The molecule has 9 nitrogen and oxygen atoms in total. The van der Waals surface area contributed by atoms with Gasteiger partial charge in [0.2, 0.25) is 5.91 Å². The molecular weight excluding hydrogens is 631 g/mol. The zero-order chi connectivity index (χ0) is 33.5. The van der Waals surface area contributed by atoms with Gasteiger partial charge in [-0.2, -0.15) is 12.6 Å². The molecule has 1 amide bonds. The molecule has 1 saturated heterocycles. The number of thiazole rings is 1. The predicted octanol–water partition coefficient (Wildman–Crippen LogP) is 6.18. The van der Waals surface area contributed by atoms with Crippen molar-refractivity contribution in [1.82, 2.24) is 25.0 Å². The summed E-state index contributed by atoms with van der Waals surface area (Å²) in [6, 6.07) is 3.58. The molecule has 47 heavy (non-hydrogen) atoms. The number of thiol groups is 1. The molecule has 1 aliphatic carbocycles. The number of allylic oxidation sites excluding steroid dienone is 1. The lowest BCUT2D eigenvalue weighted by Gasteiger charge is -2.35. The third-order valence-electron chi connectivity index (χ3n) is 9.83. The van der Waals surface area contributed by atoms with Crippen molar-refractivity contribution in [2.75, 3.05) is 26.0 Å². The Morgan fingerprint density at radius 1 is 1.28 bits per heavy atom. The third-order valence-corrected chi connectivity index (χ3v) is 11.1. The number of esters is 1. The van der Waals surface area contributed by atoms with Crippen molar-refractivity contribution >= 4 is 47.5 Å². The standard InChI is InChI=1S/C36H47N5O4S2/c1-7-40-30-14-21(2)25-16-26(30)27(33(40)24-10-8-12-37-32(24)22(3)44-6)17-36(4,5)20-45-35(43)28-11-9-13-41(39-28)34(42)23(18-46)15-31-38-29(25)19-47-31/h8,10,12,16,19,21-23,28,39,46H,7,9,11,13-15,17-18,20H2,1-6H3/t21?,22-,23+,28-/m0/s1. The summed E-state index contributed by atoms with van der Waals surface area (Å²) in [5.74, 6) is -0.0803. The van der Waals surface area contributed by atoms with Crippen LogP contribution in [0.4, 0.5) is 0 Å². The third kappa shape index (κ3) is 6.69. The van der Waals surface area contributed by atoms with Crippen LogP contribution in [-0.2, 0) is 44.9 Å². The highest BCUT2D eigenvalue weighted by Gasteiger charge is 2.36. The van der Waals surface area contributed by atoms with Gasteiger partial charge in [0.25, 0.3) is 0 Å². The first-order valence-corrected chi connectivity index (χ1v) is 18.3. The molecule has 1 N–H and O–H groups in total. The molecule has 3 aromatic rings. The number of hydrazine groups is 1. The normalized spacial score (nSPS) is 23.9. The summed E-state index contributed by atoms with van der Waals surface area (Å²) >= 11 is 6.16. The molecule has 1 unspecified atom stereocenters. The van der Waals surface area contributed by atoms with Gasteiger partial charge in [-0.25, -0.2) is 10.4 Å². The molecule has 3 aromatic heterocycles.